The van der Waals surface area contributed by atoms with E-state index in [4.69, 9.17) is 25.4 Å². The molecule has 0 saturated carbocycles. The van der Waals surface area contributed by atoms with E-state index in [1.54, 1.807) is 43.2 Å². The zero-order valence-corrected chi connectivity index (χ0v) is 21.2. The van der Waals surface area contributed by atoms with E-state index in [2.05, 4.69) is 5.32 Å². The zero-order chi connectivity index (χ0) is 26.8. The highest BCUT2D eigenvalue weighted by Crippen LogP contribution is 2.18. The largest absolute Gasteiger partial charge is 0.497 e. The molecule has 2 aromatic rings. The van der Waals surface area contributed by atoms with Gasteiger partial charge < -0.3 is 30.2 Å². The number of piperidine rings is 1. The third-order valence-electron chi connectivity index (χ3n) is 6.16. The number of rotatable bonds is 11. The van der Waals surface area contributed by atoms with E-state index in [0.29, 0.717) is 55.8 Å². The molecular formula is C27H34N4O6. The molecule has 2 amide bonds. The number of esters is 1. The van der Waals surface area contributed by atoms with Crippen LogP contribution in [0.15, 0.2) is 48.5 Å². The molecule has 10 heteroatoms. The number of ether oxygens (including phenoxy) is 3. The standard InChI is InChI=1S/C27H34N4O6/c1-3-36-24(32)17-37-22-12-14-31(15-13-22)27(34)23(16-18-4-10-21(35-2)11-5-18)30-26(33)20-8-6-19(7-9-20)25(28)29/h4-11,22-23H,3,12-17H2,1-2H3,(H3,28,29)(H,30,33). The summed E-state index contributed by atoms with van der Waals surface area (Å²) in [6.45, 7) is 2.84. The molecule has 1 aliphatic heterocycles. The molecule has 4 N–H and O–H groups in total. The van der Waals surface area contributed by atoms with E-state index in [1.165, 1.54) is 0 Å². The van der Waals surface area contributed by atoms with Crippen molar-refractivity contribution in [1.82, 2.24) is 10.2 Å². The Labute approximate surface area is 216 Å². The number of hydrogen-bond acceptors (Lipinski definition) is 7. The van der Waals surface area contributed by atoms with Crippen molar-refractivity contribution in [3.05, 3.63) is 65.2 Å². The molecule has 0 bridgehead atoms. The summed E-state index contributed by atoms with van der Waals surface area (Å²) in [7, 11) is 1.58. The van der Waals surface area contributed by atoms with Crippen molar-refractivity contribution in [3.63, 3.8) is 0 Å². The maximum atomic E-state index is 13.5. The third-order valence-corrected chi connectivity index (χ3v) is 6.16. The molecule has 1 heterocycles. The fourth-order valence-corrected chi connectivity index (χ4v) is 4.09. The molecule has 3 rings (SSSR count). The van der Waals surface area contributed by atoms with Crippen LogP contribution in [-0.4, -0.2) is 74.1 Å². The van der Waals surface area contributed by atoms with Crippen molar-refractivity contribution in [2.45, 2.75) is 38.3 Å². The molecular weight excluding hydrogens is 476 g/mol. The first-order chi connectivity index (χ1) is 17.8. The molecule has 0 aliphatic carbocycles. The first kappa shape index (κ1) is 27.7. The number of likely N-dealkylation sites (tertiary alicyclic amines) is 1. The smallest absolute Gasteiger partial charge is 0.332 e. The van der Waals surface area contributed by atoms with Crippen LogP contribution < -0.4 is 15.8 Å². The number of hydrogen-bond donors (Lipinski definition) is 3. The van der Waals surface area contributed by atoms with Crippen molar-refractivity contribution >= 4 is 23.6 Å². The number of nitrogens with one attached hydrogen (secondary N) is 2. The average Bonchev–Trinajstić information content (AvgIpc) is 2.92. The maximum absolute atomic E-state index is 13.5. The van der Waals surface area contributed by atoms with Gasteiger partial charge in [0.25, 0.3) is 5.91 Å². The summed E-state index contributed by atoms with van der Waals surface area (Å²) in [5, 5.41) is 10.4. The number of benzene rings is 2. The molecule has 0 aromatic heterocycles. The molecule has 1 aliphatic rings. The van der Waals surface area contributed by atoms with Crippen LogP contribution in [0.4, 0.5) is 0 Å². The normalized spacial score (nSPS) is 14.5. The summed E-state index contributed by atoms with van der Waals surface area (Å²) in [4.78, 5) is 39.8. The van der Waals surface area contributed by atoms with Gasteiger partial charge in [0.05, 0.1) is 19.8 Å². The van der Waals surface area contributed by atoms with Gasteiger partial charge in [0.15, 0.2) is 0 Å². The fourth-order valence-electron chi connectivity index (χ4n) is 4.09. The lowest BCUT2D eigenvalue weighted by atomic mass is 10.0. The molecule has 1 atom stereocenters. The van der Waals surface area contributed by atoms with Crippen LogP contribution in [0.5, 0.6) is 5.75 Å². The number of methoxy groups -OCH3 is 1. The molecule has 0 radical (unpaired) electrons. The predicted octanol–water partition coefficient (Wildman–Crippen LogP) is 1.89. The van der Waals surface area contributed by atoms with E-state index in [1.807, 2.05) is 24.3 Å². The summed E-state index contributed by atoms with van der Waals surface area (Å²) in [5.74, 6) is -0.372. The van der Waals surface area contributed by atoms with E-state index in [0.717, 1.165) is 5.56 Å². The SMILES string of the molecule is CCOC(=O)COC1CCN(C(=O)C(Cc2ccc(OC)cc2)NC(=O)c2ccc(C(=N)N)cc2)CC1. The van der Waals surface area contributed by atoms with Gasteiger partial charge in [-0.2, -0.15) is 0 Å². The Morgan fingerprint density at radius 1 is 1.05 bits per heavy atom. The average molecular weight is 511 g/mol. The third kappa shape index (κ3) is 8.04. The Morgan fingerprint density at radius 2 is 1.68 bits per heavy atom. The second-order valence-electron chi connectivity index (χ2n) is 8.71. The van der Waals surface area contributed by atoms with Crippen LogP contribution in [-0.2, 0) is 25.5 Å². The van der Waals surface area contributed by atoms with Crippen LogP contribution in [0.25, 0.3) is 0 Å². The number of nitrogen functional groups attached to an aromatic ring is 1. The van der Waals surface area contributed by atoms with E-state index in [-0.39, 0.29) is 24.5 Å². The van der Waals surface area contributed by atoms with E-state index >= 15 is 0 Å². The topological polar surface area (TPSA) is 144 Å². The molecule has 0 spiro atoms. The Hall–Kier alpha value is -3.92. The van der Waals surface area contributed by atoms with E-state index < -0.39 is 17.9 Å². The lowest BCUT2D eigenvalue weighted by Gasteiger charge is -2.34. The highest BCUT2D eigenvalue weighted by Gasteiger charge is 2.30. The molecule has 1 saturated heterocycles. The number of carbonyl (C=O) groups excluding carboxylic acids is 3. The molecule has 198 valence electrons. The van der Waals surface area contributed by atoms with Gasteiger partial charge in [-0.05, 0) is 49.6 Å². The summed E-state index contributed by atoms with van der Waals surface area (Å²) in [5.41, 5.74) is 7.25. The molecule has 1 fully saturated rings. The highest BCUT2D eigenvalue weighted by atomic mass is 16.6. The van der Waals surface area contributed by atoms with Gasteiger partial charge in [-0.3, -0.25) is 15.0 Å². The maximum Gasteiger partial charge on any atom is 0.332 e. The van der Waals surface area contributed by atoms with Crippen LogP contribution in [0.3, 0.4) is 0 Å². The Morgan fingerprint density at radius 3 is 2.24 bits per heavy atom. The Bertz CT molecular complexity index is 1080. The number of carbonyl (C=O) groups is 3. The minimum Gasteiger partial charge on any atom is -0.497 e. The zero-order valence-electron chi connectivity index (χ0n) is 21.2. The second kappa shape index (κ2) is 13.4. The minimum atomic E-state index is -0.787. The van der Waals surface area contributed by atoms with Crippen LogP contribution in [0, 0.1) is 5.41 Å². The summed E-state index contributed by atoms with van der Waals surface area (Å²) < 4.78 is 15.7. The predicted molar refractivity (Wildman–Crippen MR) is 138 cm³/mol. The van der Waals surface area contributed by atoms with Crippen molar-refractivity contribution in [2.75, 3.05) is 33.4 Å². The van der Waals surface area contributed by atoms with Gasteiger partial charge in [0.1, 0.15) is 24.2 Å². The number of amidine groups is 1. The lowest BCUT2D eigenvalue weighted by molar-refractivity contribution is -0.152. The van der Waals surface area contributed by atoms with Gasteiger partial charge >= 0.3 is 5.97 Å². The van der Waals surface area contributed by atoms with E-state index in [9.17, 15) is 14.4 Å². The summed E-state index contributed by atoms with van der Waals surface area (Å²) in [6, 6.07) is 12.9. The summed E-state index contributed by atoms with van der Waals surface area (Å²) in [6.07, 6.45) is 1.34. The quantitative estimate of drug-likeness (QED) is 0.238. The second-order valence-corrected chi connectivity index (χ2v) is 8.71. The fraction of sp³-hybridized carbons (Fsp3) is 0.407. The minimum absolute atomic E-state index is 0.0887. The van der Waals surface area contributed by atoms with Gasteiger partial charge in [0, 0.05) is 30.6 Å². The van der Waals surface area contributed by atoms with Crippen molar-refractivity contribution in [2.24, 2.45) is 5.73 Å². The Balaban J connectivity index is 1.67. The molecule has 37 heavy (non-hydrogen) atoms. The molecule has 1 unspecified atom stereocenters. The van der Waals surface area contributed by atoms with Crippen molar-refractivity contribution in [3.8, 4) is 5.75 Å². The van der Waals surface area contributed by atoms with Gasteiger partial charge in [-0.15, -0.1) is 0 Å². The van der Waals surface area contributed by atoms with Crippen LogP contribution in [0.1, 0.15) is 41.3 Å². The summed E-state index contributed by atoms with van der Waals surface area (Å²) >= 11 is 0. The molecule has 10 nitrogen and oxygen atoms in total. The lowest BCUT2D eigenvalue weighted by Crippen LogP contribution is -2.52. The van der Waals surface area contributed by atoms with Gasteiger partial charge in [-0.25, -0.2) is 4.79 Å². The van der Waals surface area contributed by atoms with Crippen LogP contribution in [0.2, 0.25) is 0 Å². The first-order valence-corrected chi connectivity index (χ1v) is 12.2. The monoisotopic (exact) mass is 510 g/mol. The highest BCUT2D eigenvalue weighted by molar-refractivity contribution is 5.99. The van der Waals surface area contributed by atoms with Gasteiger partial charge in [-0.1, -0.05) is 24.3 Å². The molecule has 2 aromatic carbocycles. The number of amides is 2. The van der Waals surface area contributed by atoms with Crippen molar-refractivity contribution in [1.29, 1.82) is 5.41 Å². The number of nitrogens with zero attached hydrogens (tertiary/aromatic N) is 1. The van der Waals surface area contributed by atoms with Gasteiger partial charge in [0.2, 0.25) is 5.91 Å². The first-order valence-electron chi connectivity index (χ1n) is 12.2. The Kier molecular flexibility index (Phi) is 10.0. The van der Waals surface area contributed by atoms with Crippen LogP contribution >= 0.6 is 0 Å². The number of nitrogens with two attached hydrogens (primary N) is 1. The van der Waals surface area contributed by atoms with Crippen molar-refractivity contribution < 1.29 is 28.6 Å².